The molecule has 0 N–H and O–H groups in total. The number of hydrogen-bond acceptors (Lipinski definition) is 1. The third kappa shape index (κ3) is 6.52. The highest BCUT2D eigenvalue weighted by Crippen LogP contribution is 2.45. The van der Waals surface area contributed by atoms with Gasteiger partial charge in [0, 0.05) is 38.6 Å². The second kappa shape index (κ2) is 15.8. The fraction of sp³-hybridized carbons (Fsp3) is 0. The summed E-state index contributed by atoms with van der Waals surface area (Å²) in [4.78, 5) is 2.06. The molecule has 1 aromatic heterocycles. The Morgan fingerprint density at radius 1 is 0.344 bits per heavy atom. The maximum Gasteiger partial charge on any atom is 0.0629 e. The SMILES string of the molecule is [2H]c1c([2H])c([2H])c(-c2ccc(N(c3ccc(-c4c([2H])c([2H])c([2H])c([2H])c4[2H])cc3)c3ccc(-c4ccc5c(c4)c4ccc6ccccc6c4n5-c4ccc(-c5ccccc5)cc4)c4ccccc34)cc2)c([2H])c1[2H]. The lowest BCUT2D eigenvalue weighted by molar-refractivity contribution is 1.19. The maximum absolute atomic E-state index is 8.67. The second-order valence-electron chi connectivity index (χ2n) is 15.8. The molecular formula is C62H42N2. The normalized spacial score (nSPS) is 13.6. The van der Waals surface area contributed by atoms with E-state index in [9.17, 15) is 0 Å². The van der Waals surface area contributed by atoms with Crippen molar-refractivity contribution in [2.75, 3.05) is 4.90 Å². The lowest BCUT2D eigenvalue weighted by Gasteiger charge is -2.28. The molecule has 2 heteroatoms. The summed E-state index contributed by atoms with van der Waals surface area (Å²) < 4.78 is 86.6. The first-order valence-corrected chi connectivity index (χ1v) is 21.2. The summed E-state index contributed by atoms with van der Waals surface area (Å²) in [5.41, 5.74) is 11.0. The highest BCUT2D eigenvalue weighted by Gasteiger charge is 2.20. The van der Waals surface area contributed by atoms with E-state index in [0.29, 0.717) is 22.5 Å². The molecule has 0 bridgehead atoms. The minimum atomic E-state index is -0.459. The van der Waals surface area contributed by atoms with Gasteiger partial charge in [-0.1, -0.05) is 200 Å². The van der Waals surface area contributed by atoms with Crippen molar-refractivity contribution in [2.24, 2.45) is 0 Å². The van der Waals surface area contributed by atoms with Crippen LogP contribution in [0.4, 0.5) is 17.1 Å². The van der Waals surface area contributed by atoms with Crippen molar-refractivity contribution >= 4 is 60.4 Å². The first-order chi connectivity index (χ1) is 35.9. The number of nitrogens with zero attached hydrogens (tertiary/aromatic N) is 2. The number of aromatic nitrogens is 1. The van der Waals surface area contributed by atoms with Gasteiger partial charge in [0.1, 0.15) is 0 Å². The van der Waals surface area contributed by atoms with Crippen LogP contribution >= 0.6 is 0 Å². The zero-order chi connectivity index (χ0) is 51.1. The minimum absolute atomic E-state index is 0.0983. The summed E-state index contributed by atoms with van der Waals surface area (Å²) >= 11 is 0. The predicted octanol–water partition coefficient (Wildman–Crippen LogP) is 17.2. The molecule has 0 aliphatic carbocycles. The number of anilines is 3. The lowest BCUT2D eigenvalue weighted by atomic mass is 9.95. The van der Waals surface area contributed by atoms with Crippen LogP contribution < -0.4 is 4.90 Å². The molecule has 12 aromatic rings. The Kier molecular flexibility index (Phi) is 6.95. The number of rotatable bonds is 8. The topological polar surface area (TPSA) is 8.17 Å². The van der Waals surface area contributed by atoms with Gasteiger partial charge < -0.3 is 9.47 Å². The van der Waals surface area contributed by atoms with Crippen LogP contribution in [0.5, 0.6) is 0 Å². The van der Waals surface area contributed by atoms with Crippen molar-refractivity contribution in [2.45, 2.75) is 0 Å². The lowest BCUT2D eigenvalue weighted by Crippen LogP contribution is -2.10. The van der Waals surface area contributed by atoms with Crippen LogP contribution in [0.1, 0.15) is 13.7 Å². The monoisotopic (exact) mass is 824 g/mol. The Hall–Kier alpha value is -8.46. The van der Waals surface area contributed by atoms with Crippen LogP contribution in [0.25, 0.3) is 93.5 Å². The van der Waals surface area contributed by atoms with Crippen molar-refractivity contribution in [1.82, 2.24) is 4.57 Å². The molecule has 0 radical (unpaired) electrons. The van der Waals surface area contributed by atoms with Crippen LogP contribution in [-0.2, 0) is 0 Å². The minimum Gasteiger partial charge on any atom is -0.310 e. The van der Waals surface area contributed by atoms with E-state index < -0.39 is 36.3 Å². The second-order valence-corrected chi connectivity index (χ2v) is 15.8. The molecule has 11 aromatic carbocycles. The largest absolute Gasteiger partial charge is 0.310 e. The number of benzene rings is 11. The van der Waals surface area contributed by atoms with Crippen molar-refractivity contribution in [3.05, 3.63) is 255 Å². The zero-order valence-electron chi connectivity index (χ0n) is 44.4. The van der Waals surface area contributed by atoms with E-state index in [1.807, 2.05) is 42.5 Å². The van der Waals surface area contributed by atoms with Gasteiger partial charge in [0.2, 0.25) is 0 Å². The van der Waals surface area contributed by atoms with Gasteiger partial charge in [-0.3, -0.25) is 0 Å². The van der Waals surface area contributed by atoms with E-state index in [0.717, 1.165) is 77.0 Å². The molecule has 12 rings (SSSR count). The third-order valence-corrected chi connectivity index (χ3v) is 12.2. The molecule has 0 aliphatic heterocycles. The van der Waals surface area contributed by atoms with E-state index in [-0.39, 0.29) is 35.3 Å². The van der Waals surface area contributed by atoms with Crippen LogP contribution in [0.15, 0.2) is 255 Å². The van der Waals surface area contributed by atoms with Gasteiger partial charge >= 0.3 is 0 Å². The van der Waals surface area contributed by atoms with E-state index in [1.165, 1.54) is 0 Å². The molecule has 2 nitrogen and oxygen atoms in total. The summed E-state index contributed by atoms with van der Waals surface area (Å²) in [5, 5.41) is 6.49. The average molecular weight is 825 g/mol. The first kappa shape index (κ1) is 28.2. The summed E-state index contributed by atoms with van der Waals surface area (Å²) in [5.74, 6) is 0. The molecule has 1 heterocycles. The predicted molar refractivity (Wildman–Crippen MR) is 272 cm³/mol. The summed E-state index contributed by atoms with van der Waals surface area (Å²) in [6.45, 7) is 0. The molecule has 0 saturated carbocycles. The van der Waals surface area contributed by atoms with Crippen LogP contribution in [0.2, 0.25) is 0 Å². The molecule has 0 unspecified atom stereocenters. The van der Waals surface area contributed by atoms with Crippen LogP contribution in [-0.4, -0.2) is 4.57 Å². The van der Waals surface area contributed by atoms with Gasteiger partial charge in [-0.15, -0.1) is 0 Å². The fourth-order valence-electron chi connectivity index (χ4n) is 9.15. The van der Waals surface area contributed by atoms with Gasteiger partial charge in [0.15, 0.2) is 0 Å². The van der Waals surface area contributed by atoms with E-state index in [2.05, 4.69) is 137 Å². The molecule has 0 atom stereocenters. The number of hydrogen-bond donors (Lipinski definition) is 0. The van der Waals surface area contributed by atoms with Crippen molar-refractivity contribution in [3.63, 3.8) is 0 Å². The molecule has 64 heavy (non-hydrogen) atoms. The molecule has 0 spiro atoms. The molecule has 0 aliphatic rings. The van der Waals surface area contributed by atoms with Crippen molar-refractivity contribution in [3.8, 4) is 50.2 Å². The average Bonchev–Trinajstić information content (AvgIpc) is 3.78. The van der Waals surface area contributed by atoms with Crippen molar-refractivity contribution in [1.29, 1.82) is 0 Å². The maximum atomic E-state index is 8.67. The summed E-state index contributed by atoms with van der Waals surface area (Å²) in [7, 11) is 0. The molecule has 0 saturated heterocycles. The highest BCUT2D eigenvalue weighted by atomic mass is 15.1. The third-order valence-electron chi connectivity index (χ3n) is 12.2. The standard InChI is InChI=1S/C62H42N2/c1-4-14-43(15-5-1)46-24-32-51(33-25-46)63(52-34-26-47(27-35-52)44-16-6-2-7-17-44)60-41-39-54(56-22-12-13-23-57(56)60)50-31-40-61-59(42-50)58-38-30-49-20-10-11-21-55(49)62(58)64(61)53-36-28-48(29-37-53)45-18-8-3-9-19-45/h1-42H/i1D,2D,4D,5D,6D,7D,14D,15D,16D,17D. The molecule has 300 valence electrons. The Balaban J connectivity index is 1.02. The number of fused-ring (bicyclic) bond motifs is 6. The summed E-state index contributed by atoms with van der Waals surface area (Å²) in [6.07, 6.45) is 0. The Morgan fingerprint density at radius 3 is 1.53 bits per heavy atom. The highest BCUT2D eigenvalue weighted by molar-refractivity contribution is 6.19. The molecule has 0 amide bonds. The summed E-state index contributed by atoms with van der Waals surface area (Å²) in [6, 6.07) is 61.9. The Bertz CT molecular complexity index is 4060. The van der Waals surface area contributed by atoms with Crippen LogP contribution in [0, 0.1) is 0 Å². The smallest absolute Gasteiger partial charge is 0.0629 e. The van der Waals surface area contributed by atoms with Gasteiger partial charge in [-0.25, -0.2) is 0 Å². The van der Waals surface area contributed by atoms with E-state index >= 15 is 0 Å². The Labute approximate surface area is 387 Å². The fourth-order valence-corrected chi connectivity index (χ4v) is 9.15. The van der Waals surface area contributed by atoms with Crippen LogP contribution in [0.3, 0.4) is 0 Å². The van der Waals surface area contributed by atoms with E-state index in [1.54, 1.807) is 24.3 Å². The molecule has 0 fully saturated rings. The van der Waals surface area contributed by atoms with Crippen molar-refractivity contribution < 1.29 is 13.7 Å². The van der Waals surface area contributed by atoms with E-state index in [4.69, 9.17) is 13.7 Å². The van der Waals surface area contributed by atoms with Gasteiger partial charge in [-0.05, 0) is 110 Å². The zero-order valence-corrected chi connectivity index (χ0v) is 34.4. The van der Waals surface area contributed by atoms with Gasteiger partial charge in [0.25, 0.3) is 0 Å². The van der Waals surface area contributed by atoms with Gasteiger partial charge in [0.05, 0.1) is 30.4 Å². The Morgan fingerprint density at radius 2 is 0.875 bits per heavy atom. The first-order valence-electron chi connectivity index (χ1n) is 26.2. The molecular weight excluding hydrogens is 773 g/mol. The van der Waals surface area contributed by atoms with Gasteiger partial charge in [-0.2, -0.15) is 0 Å². The quantitative estimate of drug-likeness (QED) is 0.148.